The largest absolute Gasteiger partial charge is 0.479 e. The molecule has 1 aromatic rings. The molecule has 0 unspecified atom stereocenters. The van der Waals surface area contributed by atoms with E-state index in [0.29, 0.717) is 13.0 Å². The number of nitrogens with zero attached hydrogens (tertiary/aromatic N) is 1. The summed E-state index contributed by atoms with van der Waals surface area (Å²) < 4.78 is 17.6. The van der Waals surface area contributed by atoms with Gasteiger partial charge in [-0.05, 0) is 24.6 Å². The van der Waals surface area contributed by atoms with Crippen LogP contribution in [0.4, 0.5) is 4.39 Å². The zero-order chi connectivity index (χ0) is 8.97. The van der Waals surface area contributed by atoms with E-state index in [-0.39, 0.29) is 5.88 Å². The van der Waals surface area contributed by atoms with E-state index in [9.17, 15) is 4.39 Å². The van der Waals surface area contributed by atoms with Crippen LogP contribution in [0.5, 0.6) is 5.88 Å². The van der Waals surface area contributed by atoms with Crippen LogP contribution in [0.3, 0.4) is 0 Å². The van der Waals surface area contributed by atoms with Gasteiger partial charge in [-0.3, -0.25) is 0 Å². The maximum Gasteiger partial charge on any atom is 0.250 e. The Kier molecular flexibility index (Phi) is 2.99. The third kappa shape index (κ3) is 1.92. The molecule has 0 fully saturated rings. The Morgan fingerprint density at radius 2 is 2.42 bits per heavy atom. The molecule has 1 heterocycles. The summed E-state index contributed by atoms with van der Waals surface area (Å²) in [5.41, 5.74) is 6.09. The van der Waals surface area contributed by atoms with Crippen LogP contribution >= 0.6 is 0 Å². The van der Waals surface area contributed by atoms with Crippen LogP contribution < -0.4 is 10.5 Å². The minimum absolute atomic E-state index is 0.0239. The average Bonchev–Trinajstić information content (AvgIpc) is 2.05. The van der Waals surface area contributed by atoms with Gasteiger partial charge in [-0.25, -0.2) is 9.37 Å². The average molecular weight is 170 g/mol. The molecule has 1 rings (SSSR count). The molecule has 0 spiro atoms. The number of halogens is 1. The Balaban J connectivity index is 2.86. The normalized spacial score (nSPS) is 9.92. The summed E-state index contributed by atoms with van der Waals surface area (Å²) in [7, 11) is 1.38. The van der Waals surface area contributed by atoms with Crippen molar-refractivity contribution in [1.29, 1.82) is 0 Å². The number of hydrogen-bond acceptors (Lipinski definition) is 3. The van der Waals surface area contributed by atoms with E-state index in [4.69, 9.17) is 5.73 Å². The molecule has 12 heavy (non-hydrogen) atoms. The number of pyridine rings is 1. The molecule has 0 saturated heterocycles. The van der Waals surface area contributed by atoms with Crippen molar-refractivity contribution in [1.82, 2.24) is 4.98 Å². The Bertz CT molecular complexity index is 265. The lowest BCUT2D eigenvalue weighted by Gasteiger charge is -2.02. The van der Waals surface area contributed by atoms with Crippen molar-refractivity contribution in [3.63, 3.8) is 0 Å². The number of aromatic nitrogens is 1. The fourth-order valence-electron chi connectivity index (χ4n) is 0.919. The lowest BCUT2D eigenvalue weighted by atomic mass is 10.2. The van der Waals surface area contributed by atoms with Gasteiger partial charge in [-0.1, -0.05) is 0 Å². The summed E-state index contributed by atoms with van der Waals surface area (Å²) in [6.45, 7) is 0.494. The van der Waals surface area contributed by atoms with Crippen molar-refractivity contribution in [3.8, 4) is 5.88 Å². The highest BCUT2D eigenvalue weighted by molar-refractivity contribution is 5.20. The summed E-state index contributed by atoms with van der Waals surface area (Å²) >= 11 is 0. The first kappa shape index (κ1) is 8.93. The van der Waals surface area contributed by atoms with Crippen LogP contribution in [0.2, 0.25) is 0 Å². The van der Waals surface area contributed by atoms with Crippen molar-refractivity contribution >= 4 is 0 Å². The van der Waals surface area contributed by atoms with Gasteiger partial charge >= 0.3 is 0 Å². The van der Waals surface area contributed by atoms with E-state index < -0.39 is 5.82 Å². The number of methoxy groups -OCH3 is 1. The highest BCUT2D eigenvalue weighted by atomic mass is 19.1. The van der Waals surface area contributed by atoms with Crippen LogP contribution in [0.15, 0.2) is 12.3 Å². The van der Waals surface area contributed by atoms with Gasteiger partial charge in [-0.15, -0.1) is 0 Å². The fourth-order valence-corrected chi connectivity index (χ4v) is 0.919. The molecule has 0 bridgehead atoms. The number of hydrogen-bond donors (Lipinski definition) is 1. The summed E-state index contributed by atoms with van der Waals surface area (Å²) in [6.07, 6.45) is 2.20. The third-order valence-electron chi connectivity index (χ3n) is 1.49. The summed E-state index contributed by atoms with van der Waals surface area (Å²) in [6, 6.07) is 1.39. The first-order chi connectivity index (χ1) is 5.77. The molecule has 4 heteroatoms. The fraction of sp³-hybridized carbons (Fsp3) is 0.375. The van der Waals surface area contributed by atoms with Gasteiger partial charge < -0.3 is 10.5 Å². The minimum Gasteiger partial charge on any atom is -0.479 e. The van der Waals surface area contributed by atoms with E-state index in [1.807, 2.05) is 0 Å². The quantitative estimate of drug-likeness (QED) is 0.727. The SMILES string of the molecule is COc1ncc(CCN)cc1F. The topological polar surface area (TPSA) is 48.1 Å². The monoisotopic (exact) mass is 170 g/mol. The van der Waals surface area contributed by atoms with Crippen LogP contribution in [0.1, 0.15) is 5.56 Å². The van der Waals surface area contributed by atoms with E-state index in [2.05, 4.69) is 9.72 Å². The van der Waals surface area contributed by atoms with Crippen molar-refractivity contribution in [2.45, 2.75) is 6.42 Å². The highest BCUT2D eigenvalue weighted by Gasteiger charge is 2.03. The first-order valence-electron chi connectivity index (χ1n) is 3.66. The molecule has 0 radical (unpaired) electrons. The van der Waals surface area contributed by atoms with E-state index in [0.717, 1.165) is 5.56 Å². The predicted molar refractivity (Wildman–Crippen MR) is 43.5 cm³/mol. The Hall–Kier alpha value is -1.16. The molecule has 0 aliphatic heterocycles. The molecular weight excluding hydrogens is 159 g/mol. The molecule has 0 aliphatic carbocycles. The molecule has 0 atom stereocenters. The van der Waals surface area contributed by atoms with Gasteiger partial charge in [0.25, 0.3) is 0 Å². The van der Waals surface area contributed by atoms with Crippen LogP contribution in [0, 0.1) is 5.82 Å². The maximum atomic E-state index is 12.9. The second kappa shape index (κ2) is 4.01. The van der Waals surface area contributed by atoms with Gasteiger partial charge in [0.05, 0.1) is 7.11 Å². The Labute approximate surface area is 70.4 Å². The van der Waals surface area contributed by atoms with Crippen molar-refractivity contribution in [3.05, 3.63) is 23.6 Å². The molecule has 3 nitrogen and oxygen atoms in total. The molecule has 1 aromatic heterocycles. The molecule has 0 saturated carbocycles. The highest BCUT2D eigenvalue weighted by Crippen LogP contribution is 2.13. The lowest BCUT2D eigenvalue weighted by Crippen LogP contribution is -2.04. The number of rotatable bonds is 3. The second-order valence-electron chi connectivity index (χ2n) is 2.37. The van der Waals surface area contributed by atoms with Gasteiger partial charge in [0.15, 0.2) is 5.82 Å². The van der Waals surface area contributed by atoms with Crippen molar-refractivity contribution < 1.29 is 9.13 Å². The molecular formula is C8H11FN2O. The third-order valence-corrected chi connectivity index (χ3v) is 1.49. The van der Waals surface area contributed by atoms with Crippen molar-refractivity contribution in [2.75, 3.05) is 13.7 Å². The first-order valence-corrected chi connectivity index (χ1v) is 3.66. The second-order valence-corrected chi connectivity index (χ2v) is 2.37. The van der Waals surface area contributed by atoms with Crippen molar-refractivity contribution in [2.24, 2.45) is 5.73 Å². The van der Waals surface area contributed by atoms with Gasteiger partial charge in [0.1, 0.15) is 0 Å². The standard InChI is InChI=1S/C8H11FN2O/c1-12-8-7(9)4-6(2-3-10)5-11-8/h4-5H,2-3,10H2,1H3. The van der Waals surface area contributed by atoms with Crippen LogP contribution in [-0.4, -0.2) is 18.6 Å². The smallest absolute Gasteiger partial charge is 0.250 e. The lowest BCUT2D eigenvalue weighted by molar-refractivity contribution is 0.368. The van der Waals surface area contributed by atoms with Gasteiger partial charge in [-0.2, -0.15) is 0 Å². The van der Waals surface area contributed by atoms with Gasteiger partial charge in [0, 0.05) is 6.20 Å². The molecule has 66 valence electrons. The molecule has 2 N–H and O–H groups in total. The van der Waals surface area contributed by atoms with E-state index >= 15 is 0 Å². The van der Waals surface area contributed by atoms with E-state index in [1.54, 1.807) is 6.20 Å². The number of nitrogens with two attached hydrogens (primary N) is 1. The number of ether oxygens (including phenoxy) is 1. The zero-order valence-corrected chi connectivity index (χ0v) is 6.88. The molecule has 0 amide bonds. The summed E-state index contributed by atoms with van der Waals surface area (Å²) in [4.78, 5) is 3.76. The van der Waals surface area contributed by atoms with E-state index in [1.165, 1.54) is 13.2 Å². The molecule has 0 aliphatic rings. The molecule has 0 aromatic carbocycles. The van der Waals surface area contributed by atoms with Crippen LogP contribution in [-0.2, 0) is 6.42 Å². The minimum atomic E-state index is -0.441. The maximum absolute atomic E-state index is 12.9. The summed E-state index contributed by atoms with van der Waals surface area (Å²) in [5.74, 6) is -0.417. The Morgan fingerprint density at radius 3 is 2.92 bits per heavy atom. The summed E-state index contributed by atoms with van der Waals surface area (Å²) in [5, 5.41) is 0. The van der Waals surface area contributed by atoms with Gasteiger partial charge in [0.2, 0.25) is 5.88 Å². The van der Waals surface area contributed by atoms with Crippen LogP contribution in [0.25, 0.3) is 0 Å². The zero-order valence-electron chi connectivity index (χ0n) is 6.88. The Morgan fingerprint density at radius 1 is 1.67 bits per heavy atom. The predicted octanol–water partition coefficient (Wildman–Crippen LogP) is 0.730.